The summed E-state index contributed by atoms with van der Waals surface area (Å²) in [5.41, 5.74) is 6.58. The second-order valence-corrected chi connectivity index (χ2v) is 3.36. The Hall–Kier alpha value is -1.95. The van der Waals surface area contributed by atoms with Gasteiger partial charge < -0.3 is 11.1 Å². The zero-order chi connectivity index (χ0) is 11.4. The first kappa shape index (κ1) is 10.6. The summed E-state index contributed by atoms with van der Waals surface area (Å²) >= 11 is 0. The van der Waals surface area contributed by atoms with Crippen LogP contribution in [0.1, 0.15) is 16.8 Å². The highest BCUT2D eigenvalue weighted by atomic mass is 16.1. The van der Waals surface area contributed by atoms with Crippen LogP contribution in [-0.4, -0.2) is 33.6 Å². The van der Waals surface area contributed by atoms with Crippen LogP contribution in [-0.2, 0) is 0 Å². The van der Waals surface area contributed by atoms with Crippen LogP contribution in [0.25, 0.3) is 5.52 Å². The molecule has 0 aliphatic carbocycles. The Bertz CT molecular complexity index is 493. The Morgan fingerprint density at radius 2 is 2.38 bits per heavy atom. The molecule has 2 aromatic heterocycles. The average Bonchev–Trinajstić information content (AvgIpc) is 2.73. The number of carbonyl (C=O) groups excluding carboxylic acids is 1. The molecule has 0 bridgehead atoms. The van der Waals surface area contributed by atoms with Gasteiger partial charge in [-0.15, -0.1) is 0 Å². The molecule has 0 aliphatic rings. The lowest BCUT2D eigenvalue weighted by molar-refractivity contribution is 0.0955. The lowest BCUT2D eigenvalue weighted by atomic mass is 10.2. The van der Waals surface area contributed by atoms with Gasteiger partial charge in [0.15, 0.2) is 0 Å². The first-order valence-electron chi connectivity index (χ1n) is 5.08. The molecule has 6 nitrogen and oxygen atoms in total. The molecule has 3 N–H and O–H groups in total. The van der Waals surface area contributed by atoms with E-state index in [-0.39, 0.29) is 5.91 Å². The first-order chi connectivity index (χ1) is 7.83. The van der Waals surface area contributed by atoms with Gasteiger partial charge in [-0.2, -0.15) is 5.10 Å². The van der Waals surface area contributed by atoms with Crippen LogP contribution >= 0.6 is 0 Å². The number of fused-ring (bicyclic) bond motifs is 1. The van der Waals surface area contributed by atoms with Gasteiger partial charge in [-0.3, -0.25) is 9.78 Å². The van der Waals surface area contributed by atoms with E-state index in [1.165, 1.54) is 6.20 Å². The minimum Gasteiger partial charge on any atom is -0.352 e. The first-order valence-corrected chi connectivity index (χ1v) is 5.08. The van der Waals surface area contributed by atoms with E-state index in [2.05, 4.69) is 15.4 Å². The minimum atomic E-state index is -0.142. The third kappa shape index (κ3) is 2.01. The summed E-state index contributed by atoms with van der Waals surface area (Å²) in [5, 5.41) is 6.84. The molecule has 0 aliphatic heterocycles. The highest BCUT2D eigenvalue weighted by Crippen LogP contribution is 2.07. The molecule has 0 spiro atoms. The van der Waals surface area contributed by atoms with E-state index in [1.807, 2.05) is 0 Å². The van der Waals surface area contributed by atoms with Crippen molar-refractivity contribution in [1.82, 2.24) is 19.9 Å². The molecule has 2 heterocycles. The van der Waals surface area contributed by atoms with Crippen molar-refractivity contribution in [2.24, 2.45) is 5.73 Å². The second kappa shape index (κ2) is 4.71. The molecule has 0 radical (unpaired) electrons. The molecule has 0 fully saturated rings. The number of amides is 1. The van der Waals surface area contributed by atoms with Crippen molar-refractivity contribution in [3.05, 3.63) is 30.4 Å². The summed E-state index contributed by atoms with van der Waals surface area (Å²) in [4.78, 5) is 15.7. The summed E-state index contributed by atoms with van der Waals surface area (Å²) in [6, 6.07) is 0. The van der Waals surface area contributed by atoms with Gasteiger partial charge in [0.1, 0.15) is 0 Å². The van der Waals surface area contributed by atoms with Gasteiger partial charge in [-0.1, -0.05) is 0 Å². The Balaban J connectivity index is 2.17. The van der Waals surface area contributed by atoms with Gasteiger partial charge in [0.25, 0.3) is 5.91 Å². The van der Waals surface area contributed by atoms with Crippen molar-refractivity contribution >= 4 is 11.4 Å². The average molecular weight is 219 g/mol. The fourth-order valence-electron chi connectivity index (χ4n) is 1.41. The number of aromatic nitrogens is 3. The van der Waals surface area contributed by atoms with E-state index in [1.54, 1.807) is 23.1 Å². The van der Waals surface area contributed by atoms with Gasteiger partial charge in [-0.25, -0.2) is 4.52 Å². The lowest BCUT2D eigenvalue weighted by Crippen LogP contribution is -2.25. The molecule has 6 heteroatoms. The number of hydrogen-bond donors (Lipinski definition) is 2. The molecular formula is C10H13N5O. The largest absolute Gasteiger partial charge is 0.352 e. The standard InChI is InChI=1S/C10H13N5O/c11-2-1-3-13-10(16)8-6-14-15-5-4-12-7-9(8)15/h4-7H,1-3,11H2,(H,13,16). The maximum absolute atomic E-state index is 11.8. The van der Waals surface area contributed by atoms with Crippen LogP contribution < -0.4 is 11.1 Å². The van der Waals surface area contributed by atoms with Crippen LogP contribution in [0.3, 0.4) is 0 Å². The maximum Gasteiger partial charge on any atom is 0.255 e. The van der Waals surface area contributed by atoms with Crippen LogP contribution in [0.5, 0.6) is 0 Å². The molecule has 84 valence electrons. The smallest absolute Gasteiger partial charge is 0.255 e. The number of nitrogens with zero attached hydrogens (tertiary/aromatic N) is 3. The predicted molar refractivity (Wildman–Crippen MR) is 59.0 cm³/mol. The zero-order valence-electron chi connectivity index (χ0n) is 8.76. The second-order valence-electron chi connectivity index (χ2n) is 3.36. The highest BCUT2D eigenvalue weighted by molar-refractivity contribution is 6.00. The summed E-state index contributed by atoms with van der Waals surface area (Å²) < 4.78 is 1.62. The van der Waals surface area contributed by atoms with Crippen molar-refractivity contribution in [1.29, 1.82) is 0 Å². The summed E-state index contributed by atoms with van der Waals surface area (Å²) in [5.74, 6) is -0.142. The molecule has 16 heavy (non-hydrogen) atoms. The topological polar surface area (TPSA) is 85.3 Å². The van der Waals surface area contributed by atoms with E-state index in [0.717, 1.165) is 6.42 Å². The van der Waals surface area contributed by atoms with Crippen molar-refractivity contribution in [3.63, 3.8) is 0 Å². The van der Waals surface area contributed by atoms with E-state index < -0.39 is 0 Å². The molecule has 0 unspecified atom stereocenters. The Morgan fingerprint density at radius 3 is 3.19 bits per heavy atom. The molecule has 0 saturated carbocycles. The number of rotatable bonds is 4. The Morgan fingerprint density at radius 1 is 1.50 bits per heavy atom. The van der Waals surface area contributed by atoms with Gasteiger partial charge >= 0.3 is 0 Å². The molecule has 0 aromatic carbocycles. The summed E-state index contributed by atoms with van der Waals surface area (Å²) in [7, 11) is 0. The molecule has 2 aromatic rings. The van der Waals surface area contributed by atoms with Crippen molar-refractivity contribution in [2.45, 2.75) is 6.42 Å². The minimum absolute atomic E-state index is 0.142. The number of nitrogens with one attached hydrogen (secondary N) is 1. The SMILES string of the molecule is NCCCNC(=O)c1cnn2ccncc12. The summed E-state index contributed by atoms with van der Waals surface area (Å²) in [6.07, 6.45) is 7.24. The Labute approximate surface area is 92.5 Å². The van der Waals surface area contributed by atoms with E-state index in [0.29, 0.717) is 24.2 Å². The highest BCUT2D eigenvalue weighted by Gasteiger charge is 2.11. The third-order valence-electron chi connectivity index (χ3n) is 2.24. The fourth-order valence-corrected chi connectivity index (χ4v) is 1.41. The third-order valence-corrected chi connectivity index (χ3v) is 2.24. The fraction of sp³-hybridized carbons (Fsp3) is 0.300. The van der Waals surface area contributed by atoms with Crippen LogP contribution in [0.15, 0.2) is 24.8 Å². The number of nitrogens with two attached hydrogens (primary N) is 1. The Kier molecular flexibility index (Phi) is 3.11. The molecule has 0 atom stereocenters. The van der Waals surface area contributed by atoms with Crippen molar-refractivity contribution in [3.8, 4) is 0 Å². The molecule has 1 amide bonds. The summed E-state index contributed by atoms with van der Waals surface area (Å²) in [6.45, 7) is 1.14. The number of hydrogen-bond acceptors (Lipinski definition) is 4. The van der Waals surface area contributed by atoms with Crippen LogP contribution in [0.2, 0.25) is 0 Å². The van der Waals surface area contributed by atoms with Gasteiger partial charge in [-0.05, 0) is 13.0 Å². The molecule has 0 saturated heterocycles. The van der Waals surface area contributed by atoms with Crippen molar-refractivity contribution < 1.29 is 4.79 Å². The maximum atomic E-state index is 11.8. The van der Waals surface area contributed by atoms with Gasteiger partial charge in [0, 0.05) is 18.9 Å². The normalized spacial score (nSPS) is 10.6. The number of carbonyl (C=O) groups is 1. The van der Waals surface area contributed by atoms with E-state index >= 15 is 0 Å². The quantitative estimate of drug-likeness (QED) is 0.698. The van der Waals surface area contributed by atoms with Crippen LogP contribution in [0, 0.1) is 0 Å². The van der Waals surface area contributed by atoms with Crippen LogP contribution in [0.4, 0.5) is 0 Å². The van der Waals surface area contributed by atoms with Crippen molar-refractivity contribution in [2.75, 3.05) is 13.1 Å². The lowest BCUT2D eigenvalue weighted by Gasteiger charge is -2.01. The van der Waals surface area contributed by atoms with Gasteiger partial charge in [0.2, 0.25) is 0 Å². The zero-order valence-corrected chi connectivity index (χ0v) is 8.76. The monoisotopic (exact) mass is 219 g/mol. The molecular weight excluding hydrogens is 206 g/mol. The van der Waals surface area contributed by atoms with Gasteiger partial charge in [0.05, 0.1) is 23.5 Å². The predicted octanol–water partition coefficient (Wildman–Crippen LogP) is -0.192. The molecule has 2 rings (SSSR count). The van der Waals surface area contributed by atoms with E-state index in [4.69, 9.17) is 5.73 Å². The van der Waals surface area contributed by atoms with E-state index in [9.17, 15) is 4.79 Å².